The van der Waals surface area contributed by atoms with Gasteiger partial charge in [-0.3, -0.25) is 9.78 Å². The summed E-state index contributed by atoms with van der Waals surface area (Å²) in [5.74, 6) is -1.48. The normalized spacial score (nSPS) is 12.6. The minimum atomic E-state index is -4.18. The zero-order valence-electron chi connectivity index (χ0n) is 13.8. The molecule has 0 radical (unpaired) electrons. The molecule has 0 saturated carbocycles. The topological polar surface area (TPSA) is 117 Å². The van der Waals surface area contributed by atoms with Gasteiger partial charge in [0, 0.05) is 12.8 Å². The monoisotopic (exact) mass is 382 g/mol. The van der Waals surface area contributed by atoms with Crippen LogP contribution in [0.5, 0.6) is 0 Å². The zero-order valence-corrected chi connectivity index (χ0v) is 14.6. The minimum Gasteiger partial charge on any atom is -0.396 e. The predicted molar refractivity (Wildman–Crippen MR) is 92.0 cm³/mol. The highest BCUT2D eigenvalue weighted by Gasteiger charge is 2.29. The van der Waals surface area contributed by atoms with Gasteiger partial charge in [0.1, 0.15) is 11.1 Å². The molecule has 0 bridgehead atoms. The molecule has 140 valence electrons. The first-order chi connectivity index (χ1) is 12.4. The van der Waals surface area contributed by atoms with Crippen LogP contribution in [0.1, 0.15) is 39.7 Å². The molecule has 2 rings (SSSR count). The second-order valence-corrected chi connectivity index (χ2v) is 7.45. The first kappa shape index (κ1) is 20.0. The summed E-state index contributed by atoms with van der Waals surface area (Å²) < 4.78 is 40.8. The highest BCUT2D eigenvalue weighted by molar-refractivity contribution is 7.90. The van der Waals surface area contributed by atoms with Crippen molar-refractivity contribution in [1.82, 2.24) is 9.71 Å². The van der Waals surface area contributed by atoms with E-state index in [2.05, 4.69) is 4.98 Å². The van der Waals surface area contributed by atoms with Crippen LogP contribution in [0.4, 0.5) is 4.39 Å². The molecule has 0 fully saturated rings. The van der Waals surface area contributed by atoms with Gasteiger partial charge in [0.15, 0.2) is 0 Å². The molecule has 0 aliphatic carbocycles. The van der Waals surface area contributed by atoms with E-state index < -0.39 is 27.0 Å². The SMILES string of the molecule is O=C(NS(=O)(=O)C(CCCO)c1cccc(F)c1)c1ccc(CO)nc1. The van der Waals surface area contributed by atoms with Crippen molar-refractivity contribution in [3.05, 3.63) is 65.2 Å². The molecule has 0 saturated heterocycles. The molecule has 1 unspecified atom stereocenters. The zero-order chi connectivity index (χ0) is 19.2. The number of aliphatic hydroxyl groups excluding tert-OH is 2. The maximum Gasteiger partial charge on any atom is 0.266 e. The largest absolute Gasteiger partial charge is 0.396 e. The number of sulfonamides is 1. The third-order valence-corrected chi connectivity index (χ3v) is 5.43. The number of carbonyl (C=O) groups excluding carboxylic acids is 1. The molecule has 9 heteroatoms. The number of aliphatic hydroxyl groups is 2. The van der Waals surface area contributed by atoms with Gasteiger partial charge in [-0.25, -0.2) is 17.5 Å². The molecule has 1 amide bonds. The van der Waals surface area contributed by atoms with Crippen molar-refractivity contribution in [2.45, 2.75) is 24.7 Å². The summed E-state index contributed by atoms with van der Waals surface area (Å²) in [7, 11) is -4.18. The summed E-state index contributed by atoms with van der Waals surface area (Å²) >= 11 is 0. The Balaban J connectivity index is 2.26. The van der Waals surface area contributed by atoms with Gasteiger partial charge in [0.25, 0.3) is 5.91 Å². The number of nitrogens with zero attached hydrogens (tertiary/aromatic N) is 1. The first-order valence-corrected chi connectivity index (χ1v) is 9.40. The van der Waals surface area contributed by atoms with E-state index >= 15 is 0 Å². The third-order valence-electron chi connectivity index (χ3n) is 3.70. The van der Waals surface area contributed by atoms with Crippen LogP contribution in [0.3, 0.4) is 0 Å². The van der Waals surface area contributed by atoms with Crippen LogP contribution >= 0.6 is 0 Å². The lowest BCUT2D eigenvalue weighted by Gasteiger charge is -2.18. The molecule has 0 spiro atoms. The second-order valence-electron chi connectivity index (χ2n) is 5.58. The van der Waals surface area contributed by atoms with Gasteiger partial charge in [0.05, 0.1) is 17.9 Å². The summed E-state index contributed by atoms with van der Waals surface area (Å²) in [6, 6.07) is 7.85. The molecule has 26 heavy (non-hydrogen) atoms. The van der Waals surface area contributed by atoms with Crippen molar-refractivity contribution in [3.63, 3.8) is 0 Å². The number of carbonyl (C=O) groups is 1. The Labute approximate surface area is 150 Å². The van der Waals surface area contributed by atoms with E-state index in [0.29, 0.717) is 5.69 Å². The predicted octanol–water partition coefficient (Wildman–Crippen LogP) is 1.29. The number of rotatable bonds is 8. The van der Waals surface area contributed by atoms with Gasteiger partial charge in [-0.1, -0.05) is 12.1 Å². The van der Waals surface area contributed by atoms with E-state index in [1.807, 2.05) is 4.72 Å². The van der Waals surface area contributed by atoms with Crippen LogP contribution in [0.25, 0.3) is 0 Å². The minimum absolute atomic E-state index is 0.00549. The number of halogens is 1. The second kappa shape index (κ2) is 8.84. The van der Waals surface area contributed by atoms with Crippen LogP contribution < -0.4 is 4.72 Å². The first-order valence-electron chi connectivity index (χ1n) is 7.85. The summed E-state index contributed by atoms with van der Waals surface area (Å²) in [5.41, 5.74) is 0.531. The maximum absolute atomic E-state index is 13.5. The molecule has 0 aliphatic heterocycles. The van der Waals surface area contributed by atoms with Crippen molar-refractivity contribution in [1.29, 1.82) is 0 Å². The molecule has 3 N–H and O–H groups in total. The van der Waals surface area contributed by atoms with Gasteiger partial charge in [0.2, 0.25) is 10.0 Å². The average molecular weight is 382 g/mol. The molecule has 1 aromatic carbocycles. The number of aromatic nitrogens is 1. The molecule has 1 heterocycles. The lowest BCUT2D eigenvalue weighted by atomic mass is 10.1. The van der Waals surface area contributed by atoms with Crippen molar-refractivity contribution in [2.24, 2.45) is 0 Å². The fourth-order valence-corrected chi connectivity index (χ4v) is 3.90. The standard InChI is InChI=1S/C17H19FN2O5S/c18-14-4-1-3-12(9-14)16(5-2-8-21)26(24,25)20-17(23)13-6-7-15(11-22)19-10-13/h1,3-4,6-7,9-10,16,21-22H,2,5,8,11H2,(H,20,23). The Hall–Kier alpha value is -2.36. The molecular formula is C17H19FN2O5S. The summed E-state index contributed by atoms with van der Waals surface area (Å²) in [6.45, 7) is -0.537. The quantitative estimate of drug-likeness (QED) is 0.633. The van der Waals surface area contributed by atoms with E-state index in [1.165, 1.54) is 30.3 Å². The van der Waals surface area contributed by atoms with Crippen LogP contribution in [-0.2, 0) is 16.6 Å². The molecule has 1 atom stereocenters. The number of hydrogen-bond donors (Lipinski definition) is 3. The smallest absolute Gasteiger partial charge is 0.266 e. The van der Waals surface area contributed by atoms with E-state index in [0.717, 1.165) is 12.3 Å². The number of benzene rings is 1. The van der Waals surface area contributed by atoms with Crippen LogP contribution in [0, 0.1) is 5.82 Å². The Bertz CT molecular complexity index is 856. The van der Waals surface area contributed by atoms with E-state index in [-0.39, 0.29) is 37.2 Å². The Kier molecular flexibility index (Phi) is 6.78. The van der Waals surface area contributed by atoms with E-state index in [1.54, 1.807) is 0 Å². The number of nitrogens with one attached hydrogen (secondary N) is 1. The molecule has 2 aromatic rings. The summed E-state index contributed by atoms with van der Waals surface area (Å²) in [6.07, 6.45) is 1.34. The van der Waals surface area contributed by atoms with Crippen molar-refractivity contribution in [3.8, 4) is 0 Å². The summed E-state index contributed by atoms with van der Waals surface area (Å²) in [4.78, 5) is 16.0. The number of pyridine rings is 1. The average Bonchev–Trinajstić information content (AvgIpc) is 2.61. The maximum atomic E-state index is 13.5. The van der Waals surface area contributed by atoms with Gasteiger partial charge < -0.3 is 10.2 Å². The molecular weight excluding hydrogens is 363 g/mol. The van der Waals surface area contributed by atoms with E-state index in [4.69, 9.17) is 10.2 Å². The van der Waals surface area contributed by atoms with Gasteiger partial charge in [-0.05, 0) is 42.7 Å². The highest BCUT2D eigenvalue weighted by Crippen LogP contribution is 2.27. The van der Waals surface area contributed by atoms with Crippen LogP contribution in [0.15, 0.2) is 42.6 Å². The fourth-order valence-electron chi connectivity index (χ4n) is 2.40. The fraction of sp³-hybridized carbons (Fsp3) is 0.294. The molecule has 7 nitrogen and oxygen atoms in total. The third kappa shape index (κ3) is 5.07. The van der Waals surface area contributed by atoms with Gasteiger partial charge in [-0.2, -0.15) is 0 Å². The Morgan fingerprint density at radius 2 is 2.00 bits per heavy atom. The molecule has 0 aliphatic rings. The number of hydrogen-bond acceptors (Lipinski definition) is 6. The van der Waals surface area contributed by atoms with Crippen LogP contribution in [0.2, 0.25) is 0 Å². The highest BCUT2D eigenvalue weighted by atomic mass is 32.2. The lowest BCUT2D eigenvalue weighted by Crippen LogP contribution is -2.34. The van der Waals surface area contributed by atoms with Gasteiger partial charge in [-0.15, -0.1) is 0 Å². The van der Waals surface area contributed by atoms with E-state index in [9.17, 15) is 17.6 Å². The lowest BCUT2D eigenvalue weighted by molar-refractivity contribution is 0.0980. The summed E-state index contributed by atoms with van der Waals surface area (Å²) in [5, 5.41) is 16.8. The van der Waals surface area contributed by atoms with Crippen molar-refractivity contribution < 1.29 is 27.8 Å². The Morgan fingerprint density at radius 1 is 1.23 bits per heavy atom. The van der Waals surface area contributed by atoms with Crippen molar-refractivity contribution >= 4 is 15.9 Å². The van der Waals surface area contributed by atoms with Crippen molar-refractivity contribution in [2.75, 3.05) is 6.61 Å². The van der Waals surface area contributed by atoms with Gasteiger partial charge >= 0.3 is 0 Å². The Morgan fingerprint density at radius 3 is 2.58 bits per heavy atom. The number of amides is 1. The molecule has 1 aromatic heterocycles. The van der Waals surface area contributed by atoms with Crippen LogP contribution in [-0.4, -0.2) is 36.1 Å².